The fourth-order valence-electron chi connectivity index (χ4n) is 2.67. The Labute approximate surface area is 127 Å². The van der Waals surface area contributed by atoms with Crippen LogP contribution >= 0.6 is 15.9 Å². The lowest BCUT2D eigenvalue weighted by atomic mass is 9.98. The second-order valence-electron chi connectivity index (χ2n) is 5.17. The smallest absolute Gasteiger partial charge is 0.254 e. The summed E-state index contributed by atoms with van der Waals surface area (Å²) < 4.78 is 13.6. The van der Waals surface area contributed by atoms with E-state index in [0.29, 0.717) is 10.0 Å². The normalized spacial score (nSPS) is 19.1. The van der Waals surface area contributed by atoms with E-state index >= 15 is 0 Å². The summed E-state index contributed by atoms with van der Waals surface area (Å²) in [7, 11) is 1.92. The van der Waals surface area contributed by atoms with Crippen molar-refractivity contribution in [3.05, 3.63) is 34.1 Å². The van der Waals surface area contributed by atoms with Crippen LogP contribution in [0.15, 0.2) is 22.7 Å². The molecule has 1 N–H and O–H groups in total. The molecule has 1 amide bonds. The summed E-state index contributed by atoms with van der Waals surface area (Å²) in [5, 5.41) is 3.14. The van der Waals surface area contributed by atoms with Gasteiger partial charge in [0.05, 0.1) is 4.47 Å². The number of hydrogen-bond donors (Lipinski definition) is 1. The SMILES string of the molecule is CNCCC1CCCCN1C(=O)c1ccc(F)c(Br)c1. The number of nitrogens with zero attached hydrogens (tertiary/aromatic N) is 1. The molecule has 0 saturated carbocycles. The monoisotopic (exact) mass is 342 g/mol. The first kappa shape index (κ1) is 15.4. The number of rotatable bonds is 4. The molecule has 20 heavy (non-hydrogen) atoms. The van der Waals surface area contributed by atoms with Crippen LogP contribution in [0.25, 0.3) is 0 Å². The van der Waals surface area contributed by atoms with Gasteiger partial charge < -0.3 is 10.2 Å². The Balaban J connectivity index is 2.14. The van der Waals surface area contributed by atoms with E-state index in [9.17, 15) is 9.18 Å². The molecule has 3 nitrogen and oxygen atoms in total. The van der Waals surface area contributed by atoms with Crippen molar-refractivity contribution >= 4 is 21.8 Å². The number of nitrogens with one attached hydrogen (secondary N) is 1. The number of hydrogen-bond acceptors (Lipinski definition) is 2. The van der Waals surface area contributed by atoms with Gasteiger partial charge in [0.2, 0.25) is 0 Å². The Bertz CT molecular complexity index is 481. The molecule has 1 saturated heterocycles. The maximum atomic E-state index is 13.3. The van der Waals surface area contributed by atoms with E-state index in [1.807, 2.05) is 11.9 Å². The zero-order valence-corrected chi connectivity index (χ0v) is 13.2. The summed E-state index contributed by atoms with van der Waals surface area (Å²) in [4.78, 5) is 14.5. The highest BCUT2D eigenvalue weighted by Crippen LogP contribution is 2.24. The van der Waals surface area contributed by atoms with Gasteiger partial charge in [-0.1, -0.05) is 0 Å². The molecular formula is C15H20BrFN2O. The Morgan fingerprint density at radius 2 is 2.30 bits per heavy atom. The van der Waals surface area contributed by atoms with Crippen LogP contribution in [0, 0.1) is 5.82 Å². The van der Waals surface area contributed by atoms with E-state index in [1.54, 1.807) is 12.1 Å². The van der Waals surface area contributed by atoms with Crippen LogP contribution in [0.2, 0.25) is 0 Å². The van der Waals surface area contributed by atoms with Gasteiger partial charge in [0, 0.05) is 18.2 Å². The second-order valence-corrected chi connectivity index (χ2v) is 6.02. The molecular weight excluding hydrogens is 323 g/mol. The van der Waals surface area contributed by atoms with E-state index in [4.69, 9.17) is 0 Å². The van der Waals surface area contributed by atoms with Gasteiger partial charge in [-0.15, -0.1) is 0 Å². The van der Waals surface area contributed by atoms with Crippen molar-refractivity contribution in [1.29, 1.82) is 0 Å². The number of carbonyl (C=O) groups excluding carboxylic acids is 1. The molecule has 5 heteroatoms. The molecule has 110 valence electrons. The lowest BCUT2D eigenvalue weighted by Gasteiger charge is -2.36. The molecule has 1 aliphatic rings. The Morgan fingerprint density at radius 3 is 3.00 bits per heavy atom. The fraction of sp³-hybridized carbons (Fsp3) is 0.533. The first-order chi connectivity index (χ1) is 9.63. The molecule has 1 atom stereocenters. The largest absolute Gasteiger partial charge is 0.336 e. The molecule has 2 rings (SSSR count). The lowest BCUT2D eigenvalue weighted by molar-refractivity contribution is 0.0602. The van der Waals surface area contributed by atoms with E-state index in [-0.39, 0.29) is 17.8 Å². The highest BCUT2D eigenvalue weighted by molar-refractivity contribution is 9.10. The van der Waals surface area contributed by atoms with E-state index in [1.165, 1.54) is 12.5 Å². The van der Waals surface area contributed by atoms with Gasteiger partial charge in [0.15, 0.2) is 0 Å². The minimum atomic E-state index is -0.341. The molecule has 1 unspecified atom stereocenters. The lowest BCUT2D eigenvalue weighted by Crippen LogP contribution is -2.44. The van der Waals surface area contributed by atoms with Crippen molar-refractivity contribution in [2.45, 2.75) is 31.7 Å². The standard InChI is InChI=1S/C15H20BrFN2O/c1-18-8-7-12-4-2-3-9-19(12)15(20)11-5-6-14(17)13(16)10-11/h5-6,10,12,18H,2-4,7-9H2,1H3. The van der Waals surface area contributed by atoms with Gasteiger partial charge >= 0.3 is 0 Å². The summed E-state index contributed by atoms with van der Waals surface area (Å²) in [6, 6.07) is 4.75. The van der Waals surface area contributed by atoms with Gasteiger partial charge in [-0.3, -0.25) is 4.79 Å². The van der Waals surface area contributed by atoms with Crippen molar-refractivity contribution in [3.63, 3.8) is 0 Å². The fourth-order valence-corrected chi connectivity index (χ4v) is 3.05. The molecule has 1 aromatic rings. The van der Waals surface area contributed by atoms with Gasteiger partial charge in [0.25, 0.3) is 5.91 Å². The van der Waals surface area contributed by atoms with Crippen LogP contribution in [-0.4, -0.2) is 37.0 Å². The summed E-state index contributed by atoms with van der Waals surface area (Å²) in [5.41, 5.74) is 0.551. The van der Waals surface area contributed by atoms with Crippen molar-refractivity contribution in [2.24, 2.45) is 0 Å². The van der Waals surface area contributed by atoms with Gasteiger partial charge in [-0.05, 0) is 73.4 Å². The Hall–Kier alpha value is -0.940. The van der Waals surface area contributed by atoms with Crippen LogP contribution in [0.4, 0.5) is 4.39 Å². The molecule has 1 aliphatic heterocycles. The third kappa shape index (κ3) is 3.58. The summed E-state index contributed by atoms with van der Waals surface area (Å²) in [6.45, 7) is 1.70. The molecule has 0 radical (unpaired) electrons. The number of piperidine rings is 1. The molecule has 0 aliphatic carbocycles. The topological polar surface area (TPSA) is 32.3 Å². The molecule has 1 heterocycles. The second kappa shape index (κ2) is 7.18. The molecule has 1 fully saturated rings. The van der Waals surface area contributed by atoms with E-state index in [2.05, 4.69) is 21.2 Å². The number of likely N-dealkylation sites (tertiary alicyclic amines) is 1. The minimum Gasteiger partial charge on any atom is -0.336 e. The minimum absolute atomic E-state index is 0.00602. The van der Waals surface area contributed by atoms with Crippen molar-refractivity contribution in [2.75, 3.05) is 20.1 Å². The number of carbonyl (C=O) groups is 1. The number of amides is 1. The zero-order chi connectivity index (χ0) is 14.5. The molecule has 0 spiro atoms. The maximum absolute atomic E-state index is 13.3. The third-order valence-corrected chi connectivity index (χ3v) is 4.39. The third-order valence-electron chi connectivity index (χ3n) is 3.78. The van der Waals surface area contributed by atoms with Crippen LogP contribution in [-0.2, 0) is 0 Å². The quantitative estimate of drug-likeness (QED) is 0.911. The highest BCUT2D eigenvalue weighted by atomic mass is 79.9. The van der Waals surface area contributed by atoms with Crippen LogP contribution in [0.3, 0.4) is 0 Å². The number of benzene rings is 1. The predicted octanol–water partition coefficient (Wildman–Crippen LogP) is 3.19. The van der Waals surface area contributed by atoms with Crippen LogP contribution < -0.4 is 5.32 Å². The van der Waals surface area contributed by atoms with Gasteiger partial charge in [0.1, 0.15) is 5.82 Å². The van der Waals surface area contributed by atoms with Crippen molar-refractivity contribution in [1.82, 2.24) is 10.2 Å². The van der Waals surface area contributed by atoms with Crippen molar-refractivity contribution in [3.8, 4) is 0 Å². The average molecular weight is 343 g/mol. The van der Waals surface area contributed by atoms with E-state index in [0.717, 1.165) is 32.4 Å². The Morgan fingerprint density at radius 1 is 1.50 bits per heavy atom. The van der Waals surface area contributed by atoms with E-state index < -0.39 is 0 Å². The predicted molar refractivity (Wildman–Crippen MR) is 81.3 cm³/mol. The first-order valence-electron chi connectivity index (χ1n) is 7.04. The molecule has 1 aromatic carbocycles. The molecule has 0 bridgehead atoms. The maximum Gasteiger partial charge on any atom is 0.254 e. The highest BCUT2D eigenvalue weighted by Gasteiger charge is 2.27. The first-order valence-corrected chi connectivity index (χ1v) is 7.83. The summed E-state index contributed by atoms with van der Waals surface area (Å²) >= 11 is 3.14. The Kier molecular flexibility index (Phi) is 5.54. The van der Waals surface area contributed by atoms with Crippen LogP contribution in [0.1, 0.15) is 36.0 Å². The van der Waals surface area contributed by atoms with Crippen molar-refractivity contribution < 1.29 is 9.18 Å². The molecule has 0 aromatic heterocycles. The van der Waals surface area contributed by atoms with Crippen LogP contribution in [0.5, 0.6) is 0 Å². The van der Waals surface area contributed by atoms with Gasteiger partial charge in [-0.2, -0.15) is 0 Å². The number of halogens is 2. The average Bonchev–Trinajstić information content (AvgIpc) is 2.47. The summed E-state index contributed by atoms with van der Waals surface area (Å²) in [5.74, 6) is -0.335. The van der Waals surface area contributed by atoms with Gasteiger partial charge in [-0.25, -0.2) is 4.39 Å². The summed E-state index contributed by atoms with van der Waals surface area (Å²) in [6.07, 6.45) is 4.23. The zero-order valence-electron chi connectivity index (χ0n) is 11.7.